The topological polar surface area (TPSA) is 313 Å². The van der Waals surface area contributed by atoms with E-state index < -0.39 is 112 Å². The van der Waals surface area contributed by atoms with Crippen LogP contribution in [0.5, 0.6) is 0 Å². The number of esters is 2. The standard InChI is InChI=1S/C62H70FN7O15/c1-6-62(83)42-29-47-57-40(32-70(47)59(81)41(42)33-84-60(62)82)56-44(18-17-39-34(2)43(63)30-46(68-57)55(39)56)66-50(75)15-10-24-64-49(74)21-19-48(73)45(26-35-12-8-7-9-13-35)67-51(76)20-16-38(72)31-65-58(80)36(28-54(79)85-61(3,4)5)27-37(71)14-11-25-69-52(77)22-23-53(69)78/h7-9,12-13,22-23,29-30,36,44-45,83H,6,10-11,14-21,24-28,31-33H2,1-5H3,(H,64,74)(H,65,80)(H,66,75)(H,67,76)/t36-,44-,45-,62-/m0/s1. The van der Waals surface area contributed by atoms with Gasteiger partial charge in [-0.25, -0.2) is 14.2 Å². The number of aryl methyl sites for hydroxylation is 1. The zero-order valence-electron chi connectivity index (χ0n) is 48.2. The number of aromatic nitrogens is 2. The van der Waals surface area contributed by atoms with Crippen LogP contribution in [-0.4, -0.2) is 116 Å². The molecule has 5 N–H and O–H groups in total. The molecule has 0 bridgehead atoms. The summed E-state index contributed by atoms with van der Waals surface area (Å²) < 4.78 is 27.5. The van der Waals surface area contributed by atoms with Gasteiger partial charge in [0.15, 0.2) is 17.2 Å². The van der Waals surface area contributed by atoms with Crippen molar-refractivity contribution < 1.29 is 71.7 Å². The second kappa shape index (κ2) is 26.5. The van der Waals surface area contributed by atoms with E-state index in [9.17, 15) is 62.6 Å². The monoisotopic (exact) mass is 1170 g/mol. The molecule has 4 aromatic rings. The number of hydrogen-bond acceptors (Lipinski definition) is 16. The number of amides is 6. The van der Waals surface area contributed by atoms with Crippen LogP contribution in [0.1, 0.15) is 150 Å². The smallest absolute Gasteiger partial charge is 0.343 e. The van der Waals surface area contributed by atoms with Gasteiger partial charge in [-0.05, 0) is 94.5 Å². The molecule has 23 heteroatoms. The van der Waals surface area contributed by atoms with Gasteiger partial charge in [0.25, 0.3) is 17.4 Å². The van der Waals surface area contributed by atoms with E-state index in [2.05, 4.69) is 21.3 Å². The number of fused-ring (bicyclic) bond motifs is 5. The van der Waals surface area contributed by atoms with Gasteiger partial charge in [0.05, 0.1) is 60.0 Å². The molecule has 1 aliphatic carbocycles. The number of halogens is 1. The molecule has 5 heterocycles. The Balaban J connectivity index is 0.814. The maximum Gasteiger partial charge on any atom is 0.343 e. The molecule has 85 heavy (non-hydrogen) atoms. The fraction of sp³-hybridized carbons (Fsp3) is 0.468. The molecule has 0 saturated carbocycles. The molecule has 2 aromatic carbocycles. The van der Waals surface area contributed by atoms with Crippen molar-refractivity contribution in [3.63, 3.8) is 0 Å². The minimum Gasteiger partial charge on any atom is -0.460 e. The van der Waals surface area contributed by atoms with Crippen molar-refractivity contribution in [2.45, 2.75) is 161 Å². The molecule has 0 fully saturated rings. The first kappa shape index (κ1) is 62.4. The first-order valence-electron chi connectivity index (χ1n) is 28.7. The van der Waals surface area contributed by atoms with Crippen molar-refractivity contribution in [2.75, 3.05) is 19.6 Å². The second-order valence-electron chi connectivity index (χ2n) is 23.0. The zero-order chi connectivity index (χ0) is 61.5. The van der Waals surface area contributed by atoms with Crippen LogP contribution in [0.2, 0.25) is 0 Å². The highest BCUT2D eigenvalue weighted by atomic mass is 19.1. The van der Waals surface area contributed by atoms with Crippen LogP contribution in [0.4, 0.5) is 4.39 Å². The van der Waals surface area contributed by atoms with E-state index in [0.29, 0.717) is 57.4 Å². The minimum absolute atomic E-state index is 0.00182. The number of carbonyl (C=O) groups is 11. The fourth-order valence-electron chi connectivity index (χ4n) is 11.3. The highest BCUT2D eigenvalue weighted by Crippen LogP contribution is 2.46. The molecule has 3 aliphatic heterocycles. The van der Waals surface area contributed by atoms with E-state index in [1.165, 1.54) is 10.6 Å². The predicted molar refractivity (Wildman–Crippen MR) is 303 cm³/mol. The van der Waals surface area contributed by atoms with Crippen LogP contribution in [0.25, 0.3) is 22.3 Å². The molecule has 2 aromatic heterocycles. The molecule has 4 atom stereocenters. The predicted octanol–water partition coefficient (Wildman–Crippen LogP) is 4.08. The first-order chi connectivity index (χ1) is 40.3. The Bertz CT molecular complexity index is 3480. The molecular formula is C62H70FN7O15. The molecule has 0 radical (unpaired) electrons. The number of ether oxygens (including phenoxy) is 2. The number of cyclic esters (lactones) is 1. The highest BCUT2D eigenvalue weighted by Gasteiger charge is 2.46. The number of rotatable bonds is 27. The van der Waals surface area contributed by atoms with E-state index in [0.717, 1.165) is 22.6 Å². The van der Waals surface area contributed by atoms with Gasteiger partial charge in [0.1, 0.15) is 23.8 Å². The van der Waals surface area contributed by atoms with Crippen molar-refractivity contribution in [3.8, 4) is 11.4 Å². The first-order valence-corrected chi connectivity index (χ1v) is 28.7. The lowest BCUT2D eigenvalue weighted by Gasteiger charge is -2.31. The molecular weight excluding hydrogens is 1100 g/mol. The van der Waals surface area contributed by atoms with Crippen LogP contribution in [-0.2, 0) is 93.8 Å². The van der Waals surface area contributed by atoms with Crippen molar-refractivity contribution in [2.24, 2.45) is 5.92 Å². The Morgan fingerprint density at radius 2 is 1.56 bits per heavy atom. The molecule has 6 amide bonds. The maximum atomic E-state index is 15.4. The Morgan fingerprint density at radius 1 is 0.847 bits per heavy atom. The summed E-state index contributed by atoms with van der Waals surface area (Å²) in [6.07, 6.45) is 1.36. The number of benzene rings is 2. The van der Waals surface area contributed by atoms with Gasteiger partial charge in [-0.3, -0.25) is 57.6 Å². The summed E-state index contributed by atoms with van der Waals surface area (Å²) in [6, 6.07) is 10.1. The molecule has 4 aliphatic rings. The summed E-state index contributed by atoms with van der Waals surface area (Å²) in [4.78, 5) is 162. The van der Waals surface area contributed by atoms with E-state index in [1.54, 1.807) is 71.0 Å². The van der Waals surface area contributed by atoms with Crippen molar-refractivity contribution in [1.29, 1.82) is 0 Å². The third kappa shape index (κ3) is 14.7. The number of imide groups is 1. The third-order valence-electron chi connectivity index (χ3n) is 15.7. The number of aliphatic hydroxyl groups is 1. The summed E-state index contributed by atoms with van der Waals surface area (Å²) in [5.41, 5.74) is 1.19. The largest absolute Gasteiger partial charge is 0.460 e. The van der Waals surface area contributed by atoms with Crippen LogP contribution < -0.4 is 26.8 Å². The zero-order valence-corrected chi connectivity index (χ0v) is 48.2. The Kier molecular flexibility index (Phi) is 19.5. The molecule has 0 unspecified atom stereocenters. The summed E-state index contributed by atoms with van der Waals surface area (Å²) in [7, 11) is 0. The minimum atomic E-state index is -2.05. The van der Waals surface area contributed by atoms with Crippen molar-refractivity contribution >= 4 is 75.6 Å². The summed E-state index contributed by atoms with van der Waals surface area (Å²) in [5.74, 6) is -7.92. The quantitative estimate of drug-likeness (QED) is 0.0281. The summed E-state index contributed by atoms with van der Waals surface area (Å²) >= 11 is 0. The van der Waals surface area contributed by atoms with E-state index in [4.69, 9.17) is 14.5 Å². The Morgan fingerprint density at radius 3 is 2.27 bits per heavy atom. The number of pyridine rings is 2. The number of Topliss-reactive ketones (excluding diaryl/α,β-unsaturated/α-hetero) is 3. The molecule has 8 rings (SSSR count). The highest BCUT2D eigenvalue weighted by molar-refractivity contribution is 6.13. The third-order valence-corrected chi connectivity index (χ3v) is 15.7. The SMILES string of the molecule is CC[C@@]1(O)C(=O)OCc2c1cc1n(c2=O)Cc2c-1nc1cc(F)c(C)c3c1c2[C@@H](NC(=O)CCCNC(=O)CCC(=O)[C@H](Cc1ccccc1)NC(=O)CCC(=O)CNC(=O)[C@@H](CC(=O)CCCN1C(=O)C=CC1=O)CC(=O)OC(C)(C)C)CC3. The molecule has 0 spiro atoms. The van der Waals surface area contributed by atoms with Gasteiger partial charge in [-0.15, -0.1) is 0 Å². The number of hydrogen-bond donors (Lipinski definition) is 5. The van der Waals surface area contributed by atoms with Gasteiger partial charge in [0.2, 0.25) is 23.6 Å². The average molecular weight is 1170 g/mol. The Hall–Kier alpha value is -8.60. The fourth-order valence-corrected chi connectivity index (χ4v) is 11.3. The summed E-state index contributed by atoms with van der Waals surface area (Å²) in [5, 5.41) is 23.1. The lowest BCUT2D eigenvalue weighted by atomic mass is 9.81. The van der Waals surface area contributed by atoms with Gasteiger partial charge < -0.3 is 40.4 Å². The number of carbonyl (C=O) groups excluding carboxylic acids is 11. The summed E-state index contributed by atoms with van der Waals surface area (Å²) in [6.45, 7) is 7.51. The van der Waals surface area contributed by atoms with Crippen LogP contribution >= 0.6 is 0 Å². The normalized spacial score (nSPS) is 17.3. The lowest BCUT2D eigenvalue weighted by Crippen LogP contribution is -2.44. The number of ketones is 3. The number of nitrogens with zero attached hydrogens (tertiary/aromatic N) is 3. The molecule has 450 valence electrons. The van der Waals surface area contributed by atoms with E-state index >= 15 is 4.39 Å². The second-order valence-corrected chi connectivity index (χ2v) is 23.0. The van der Waals surface area contributed by atoms with Gasteiger partial charge in [0, 0.05) is 92.8 Å². The van der Waals surface area contributed by atoms with Gasteiger partial charge in [-0.2, -0.15) is 0 Å². The molecule has 0 saturated heterocycles. The van der Waals surface area contributed by atoms with Crippen molar-refractivity contribution in [3.05, 3.63) is 110 Å². The molecule has 22 nitrogen and oxygen atoms in total. The maximum absolute atomic E-state index is 15.4. The van der Waals surface area contributed by atoms with Crippen LogP contribution in [0, 0.1) is 18.7 Å². The number of nitrogens with one attached hydrogen (secondary N) is 4. The van der Waals surface area contributed by atoms with Gasteiger partial charge >= 0.3 is 11.9 Å². The van der Waals surface area contributed by atoms with Crippen LogP contribution in [0.3, 0.4) is 0 Å². The lowest BCUT2D eigenvalue weighted by molar-refractivity contribution is -0.172. The van der Waals surface area contributed by atoms with E-state index in [1.807, 2.05) is 0 Å². The van der Waals surface area contributed by atoms with Gasteiger partial charge in [-0.1, -0.05) is 37.3 Å². The average Bonchev–Trinajstić information content (AvgIpc) is 1.66. The Labute approximate surface area is 489 Å². The van der Waals surface area contributed by atoms with E-state index in [-0.39, 0.29) is 114 Å². The van der Waals surface area contributed by atoms with Crippen LogP contribution in [0.15, 0.2) is 59.4 Å². The van der Waals surface area contributed by atoms with Crippen molar-refractivity contribution in [1.82, 2.24) is 35.7 Å².